The summed E-state index contributed by atoms with van der Waals surface area (Å²) in [7, 11) is 0. The molecular formula is C16H25F2NO. The van der Waals surface area contributed by atoms with Gasteiger partial charge in [-0.15, -0.1) is 0 Å². The molecular weight excluding hydrogens is 260 g/mol. The second-order valence-corrected chi connectivity index (χ2v) is 4.85. The molecule has 0 spiro atoms. The van der Waals surface area contributed by atoms with Gasteiger partial charge in [0, 0.05) is 18.2 Å². The lowest BCUT2D eigenvalue weighted by Gasteiger charge is -2.28. The van der Waals surface area contributed by atoms with Crippen molar-refractivity contribution in [3.05, 3.63) is 35.4 Å². The lowest BCUT2D eigenvalue weighted by Crippen LogP contribution is -2.43. The monoisotopic (exact) mass is 285 g/mol. The minimum Gasteiger partial charge on any atom is -0.377 e. The molecule has 2 nitrogen and oxygen atoms in total. The van der Waals surface area contributed by atoms with E-state index in [0.29, 0.717) is 13.0 Å². The zero-order valence-electron chi connectivity index (χ0n) is 12.6. The Morgan fingerprint density at radius 1 is 1.15 bits per heavy atom. The summed E-state index contributed by atoms with van der Waals surface area (Å²) >= 11 is 0. The van der Waals surface area contributed by atoms with Crippen molar-refractivity contribution in [2.45, 2.75) is 52.2 Å². The van der Waals surface area contributed by atoms with Crippen LogP contribution in [-0.2, 0) is 11.2 Å². The molecule has 1 aromatic rings. The van der Waals surface area contributed by atoms with Gasteiger partial charge in [-0.25, -0.2) is 8.78 Å². The summed E-state index contributed by atoms with van der Waals surface area (Å²) in [6, 6.07) is 3.92. The Hall–Kier alpha value is -1.00. The minimum atomic E-state index is -0.486. The van der Waals surface area contributed by atoms with E-state index in [2.05, 4.69) is 12.2 Å². The Bertz CT molecular complexity index is 372. The first-order valence-electron chi connectivity index (χ1n) is 7.41. The van der Waals surface area contributed by atoms with Crippen molar-refractivity contribution in [1.82, 2.24) is 5.32 Å². The maximum absolute atomic E-state index is 13.8. The highest BCUT2D eigenvalue weighted by molar-refractivity contribution is 5.21. The number of likely N-dealkylation sites (N-methyl/N-ethyl adjacent to an activating group) is 1. The van der Waals surface area contributed by atoms with Crippen LogP contribution < -0.4 is 5.32 Å². The summed E-state index contributed by atoms with van der Waals surface area (Å²) in [5.41, 5.74) is 0.138. The second kappa shape index (κ2) is 9.03. The first kappa shape index (κ1) is 17.1. The Morgan fingerprint density at radius 3 is 2.30 bits per heavy atom. The molecule has 1 aromatic carbocycles. The van der Waals surface area contributed by atoms with Crippen LogP contribution in [0.3, 0.4) is 0 Å². The molecule has 0 aliphatic rings. The van der Waals surface area contributed by atoms with E-state index in [1.54, 1.807) is 0 Å². The van der Waals surface area contributed by atoms with Gasteiger partial charge in [0.05, 0.1) is 6.10 Å². The highest BCUT2D eigenvalue weighted by Gasteiger charge is 2.23. The predicted octanol–water partition coefficient (Wildman–Crippen LogP) is 3.69. The molecule has 2 unspecified atom stereocenters. The van der Waals surface area contributed by atoms with Crippen LogP contribution in [0.2, 0.25) is 0 Å². The van der Waals surface area contributed by atoms with E-state index >= 15 is 0 Å². The Balaban J connectivity index is 2.89. The third-order valence-electron chi connectivity index (χ3n) is 3.35. The van der Waals surface area contributed by atoms with Crippen LogP contribution in [0.4, 0.5) is 8.78 Å². The summed E-state index contributed by atoms with van der Waals surface area (Å²) < 4.78 is 33.3. The molecule has 1 N–H and O–H groups in total. The molecule has 0 aliphatic heterocycles. The standard InChI is InChI=1S/C16H25F2NO/c1-4-8-16(20-6-3)15(19-5-2)11-12-13(17)9-7-10-14(12)18/h7,9-10,15-16,19H,4-6,8,11H2,1-3H3. The molecule has 0 aromatic heterocycles. The van der Waals surface area contributed by atoms with Crippen molar-refractivity contribution in [2.24, 2.45) is 0 Å². The molecule has 4 heteroatoms. The van der Waals surface area contributed by atoms with Gasteiger partial charge in [-0.2, -0.15) is 0 Å². The van der Waals surface area contributed by atoms with Gasteiger partial charge in [0.15, 0.2) is 0 Å². The number of benzene rings is 1. The first-order valence-corrected chi connectivity index (χ1v) is 7.41. The Kier molecular flexibility index (Phi) is 7.70. The molecule has 0 amide bonds. The average Bonchev–Trinajstić information content (AvgIpc) is 2.42. The molecule has 0 heterocycles. The van der Waals surface area contributed by atoms with Gasteiger partial charge in [-0.1, -0.05) is 26.3 Å². The number of hydrogen-bond donors (Lipinski definition) is 1. The quantitative estimate of drug-likeness (QED) is 0.747. The van der Waals surface area contributed by atoms with Gasteiger partial charge in [-0.3, -0.25) is 0 Å². The Morgan fingerprint density at radius 2 is 1.80 bits per heavy atom. The van der Waals surface area contributed by atoms with Gasteiger partial charge < -0.3 is 10.1 Å². The van der Waals surface area contributed by atoms with Crippen LogP contribution in [0, 0.1) is 11.6 Å². The molecule has 0 bridgehead atoms. The van der Waals surface area contributed by atoms with Gasteiger partial charge in [-0.05, 0) is 38.4 Å². The van der Waals surface area contributed by atoms with E-state index in [9.17, 15) is 8.78 Å². The van der Waals surface area contributed by atoms with Crippen LogP contribution in [0.25, 0.3) is 0 Å². The predicted molar refractivity (Wildman–Crippen MR) is 77.8 cm³/mol. The molecule has 2 atom stereocenters. The van der Waals surface area contributed by atoms with E-state index in [0.717, 1.165) is 19.4 Å². The number of rotatable bonds is 9. The van der Waals surface area contributed by atoms with Gasteiger partial charge in [0.2, 0.25) is 0 Å². The summed E-state index contributed by atoms with van der Waals surface area (Å²) in [5, 5.41) is 3.30. The third-order valence-corrected chi connectivity index (χ3v) is 3.35. The normalized spacial score (nSPS) is 14.2. The number of ether oxygens (including phenoxy) is 1. The zero-order valence-corrected chi connectivity index (χ0v) is 12.6. The average molecular weight is 285 g/mol. The molecule has 0 saturated carbocycles. The molecule has 0 radical (unpaired) electrons. The maximum Gasteiger partial charge on any atom is 0.129 e. The third kappa shape index (κ3) is 4.84. The largest absolute Gasteiger partial charge is 0.377 e. The summed E-state index contributed by atoms with van der Waals surface area (Å²) in [5.74, 6) is -0.973. The minimum absolute atomic E-state index is 0.0241. The lowest BCUT2D eigenvalue weighted by molar-refractivity contribution is 0.0282. The van der Waals surface area contributed by atoms with E-state index in [1.165, 1.54) is 18.2 Å². The van der Waals surface area contributed by atoms with E-state index < -0.39 is 11.6 Å². The lowest BCUT2D eigenvalue weighted by atomic mass is 9.97. The number of nitrogens with one attached hydrogen (secondary N) is 1. The summed E-state index contributed by atoms with van der Waals surface area (Å²) in [4.78, 5) is 0. The topological polar surface area (TPSA) is 21.3 Å². The van der Waals surface area contributed by atoms with Crippen LogP contribution in [-0.4, -0.2) is 25.3 Å². The van der Waals surface area contributed by atoms with Crippen molar-refractivity contribution in [2.75, 3.05) is 13.2 Å². The molecule has 20 heavy (non-hydrogen) atoms. The van der Waals surface area contributed by atoms with Crippen LogP contribution in [0.1, 0.15) is 39.2 Å². The number of hydrogen-bond acceptors (Lipinski definition) is 2. The molecule has 1 rings (SSSR count). The smallest absolute Gasteiger partial charge is 0.129 e. The molecule has 0 aliphatic carbocycles. The van der Waals surface area contributed by atoms with E-state index in [1.807, 2.05) is 13.8 Å². The van der Waals surface area contributed by atoms with E-state index in [-0.39, 0.29) is 17.7 Å². The van der Waals surface area contributed by atoms with E-state index in [4.69, 9.17) is 4.74 Å². The molecule has 0 fully saturated rings. The molecule has 0 saturated heterocycles. The van der Waals surface area contributed by atoms with Gasteiger partial charge in [0.1, 0.15) is 11.6 Å². The fraction of sp³-hybridized carbons (Fsp3) is 0.625. The fourth-order valence-corrected chi connectivity index (χ4v) is 2.44. The van der Waals surface area contributed by atoms with Crippen LogP contribution >= 0.6 is 0 Å². The van der Waals surface area contributed by atoms with Gasteiger partial charge >= 0.3 is 0 Å². The van der Waals surface area contributed by atoms with Crippen molar-refractivity contribution < 1.29 is 13.5 Å². The SMILES string of the molecule is CCCC(OCC)C(Cc1c(F)cccc1F)NCC. The first-order chi connectivity index (χ1) is 9.63. The molecule has 114 valence electrons. The van der Waals surface area contributed by atoms with Crippen LogP contribution in [0.5, 0.6) is 0 Å². The van der Waals surface area contributed by atoms with Crippen molar-refractivity contribution >= 4 is 0 Å². The van der Waals surface area contributed by atoms with Crippen molar-refractivity contribution in [3.63, 3.8) is 0 Å². The maximum atomic E-state index is 13.8. The van der Waals surface area contributed by atoms with Crippen molar-refractivity contribution in [3.8, 4) is 0 Å². The summed E-state index contributed by atoms with van der Waals surface area (Å²) in [6.45, 7) is 7.36. The zero-order chi connectivity index (χ0) is 15.0. The fourth-order valence-electron chi connectivity index (χ4n) is 2.44. The second-order valence-electron chi connectivity index (χ2n) is 4.85. The highest BCUT2D eigenvalue weighted by Crippen LogP contribution is 2.18. The highest BCUT2D eigenvalue weighted by atomic mass is 19.1. The van der Waals surface area contributed by atoms with Crippen molar-refractivity contribution in [1.29, 1.82) is 0 Å². The van der Waals surface area contributed by atoms with Gasteiger partial charge in [0.25, 0.3) is 0 Å². The Labute approximate surface area is 120 Å². The number of halogens is 2. The summed E-state index contributed by atoms with van der Waals surface area (Å²) in [6.07, 6.45) is 2.13. The van der Waals surface area contributed by atoms with Crippen LogP contribution in [0.15, 0.2) is 18.2 Å².